The molecule has 1 unspecified atom stereocenters. The first-order valence-corrected chi connectivity index (χ1v) is 4.81. The first-order valence-electron chi connectivity index (χ1n) is 4.81. The van der Waals surface area contributed by atoms with E-state index in [1.807, 2.05) is 0 Å². The van der Waals surface area contributed by atoms with Gasteiger partial charge >= 0.3 is 0 Å². The van der Waals surface area contributed by atoms with Crippen LogP contribution in [0.3, 0.4) is 0 Å². The van der Waals surface area contributed by atoms with Crippen LogP contribution in [0.2, 0.25) is 0 Å². The van der Waals surface area contributed by atoms with E-state index >= 15 is 0 Å². The zero-order valence-corrected chi connectivity index (χ0v) is 7.31. The van der Waals surface area contributed by atoms with Gasteiger partial charge in [0.15, 0.2) is 0 Å². The Morgan fingerprint density at radius 3 is 2.58 bits per heavy atom. The van der Waals surface area contributed by atoms with Crippen LogP contribution in [0.4, 0.5) is 0 Å². The van der Waals surface area contributed by atoms with Gasteiger partial charge in [-0.3, -0.25) is 4.79 Å². The van der Waals surface area contributed by atoms with Crippen LogP contribution in [-0.4, -0.2) is 5.91 Å². The van der Waals surface area contributed by atoms with Crippen molar-refractivity contribution in [3.05, 3.63) is 11.1 Å². The Labute approximate surface area is 72.8 Å². The molecule has 0 aliphatic heterocycles. The van der Waals surface area contributed by atoms with E-state index in [1.165, 1.54) is 24.8 Å². The molecule has 0 radical (unpaired) electrons. The maximum absolute atomic E-state index is 11.1. The molecule has 1 fully saturated rings. The van der Waals surface area contributed by atoms with Crippen molar-refractivity contribution in [1.29, 1.82) is 0 Å². The van der Waals surface area contributed by atoms with E-state index in [2.05, 4.69) is 0 Å². The molecule has 0 aromatic carbocycles. The third-order valence-electron chi connectivity index (χ3n) is 3.16. The third kappa shape index (κ3) is 1.15. The second-order valence-corrected chi connectivity index (χ2v) is 3.85. The Balaban J connectivity index is 2.32. The average molecular weight is 165 g/mol. The Morgan fingerprint density at radius 2 is 1.92 bits per heavy atom. The quantitative estimate of drug-likeness (QED) is 0.632. The second kappa shape index (κ2) is 2.92. The molecule has 2 N–H and O–H groups in total. The summed E-state index contributed by atoms with van der Waals surface area (Å²) in [4.78, 5) is 11.1. The van der Waals surface area contributed by atoms with Gasteiger partial charge in [-0.1, -0.05) is 5.57 Å². The van der Waals surface area contributed by atoms with Crippen molar-refractivity contribution in [1.82, 2.24) is 0 Å². The summed E-state index contributed by atoms with van der Waals surface area (Å²) >= 11 is 0. The molecule has 2 aliphatic rings. The lowest BCUT2D eigenvalue weighted by molar-refractivity contribution is -0.114. The van der Waals surface area contributed by atoms with Crippen LogP contribution in [0.5, 0.6) is 0 Å². The molecule has 2 nitrogen and oxygen atoms in total. The lowest BCUT2D eigenvalue weighted by Crippen LogP contribution is -2.20. The second-order valence-electron chi connectivity index (χ2n) is 3.85. The van der Waals surface area contributed by atoms with Crippen LogP contribution in [0, 0.1) is 5.92 Å². The lowest BCUT2D eigenvalue weighted by atomic mass is 9.84. The molecule has 0 aromatic rings. The maximum atomic E-state index is 11.1. The number of carbonyl (C=O) groups is 1. The Kier molecular flexibility index (Phi) is 1.91. The Morgan fingerprint density at radius 1 is 1.25 bits per heavy atom. The fraction of sp³-hybridized carbons (Fsp3) is 0.700. The molecule has 0 spiro atoms. The van der Waals surface area contributed by atoms with Gasteiger partial charge in [0.1, 0.15) is 0 Å². The molecule has 0 saturated heterocycles. The van der Waals surface area contributed by atoms with Crippen molar-refractivity contribution in [3.8, 4) is 0 Å². The summed E-state index contributed by atoms with van der Waals surface area (Å²) in [6.45, 7) is 0. The average Bonchev–Trinajstić information content (AvgIpc) is 2.49. The van der Waals surface area contributed by atoms with Crippen LogP contribution in [0.25, 0.3) is 0 Å². The zero-order chi connectivity index (χ0) is 8.55. The highest BCUT2D eigenvalue weighted by molar-refractivity contribution is 5.93. The standard InChI is InChI=1S/C10H15NO/c11-10(12)9-6-2-4-7-3-1-5-8(7)9/h7H,1-6H2,(H2,11,12). The van der Waals surface area contributed by atoms with Gasteiger partial charge in [-0.05, 0) is 44.4 Å². The molecule has 0 heterocycles. The summed E-state index contributed by atoms with van der Waals surface area (Å²) in [6.07, 6.45) is 7.05. The molecule has 66 valence electrons. The molecule has 2 rings (SSSR count). The summed E-state index contributed by atoms with van der Waals surface area (Å²) in [7, 11) is 0. The van der Waals surface area contributed by atoms with Crippen LogP contribution in [0.15, 0.2) is 11.1 Å². The summed E-state index contributed by atoms with van der Waals surface area (Å²) < 4.78 is 0. The minimum absolute atomic E-state index is 0.170. The monoisotopic (exact) mass is 165 g/mol. The van der Waals surface area contributed by atoms with Gasteiger partial charge in [0.05, 0.1) is 0 Å². The Bertz CT molecular complexity index is 242. The molecule has 0 aromatic heterocycles. The van der Waals surface area contributed by atoms with Crippen molar-refractivity contribution in [3.63, 3.8) is 0 Å². The van der Waals surface area contributed by atoms with Gasteiger partial charge < -0.3 is 5.73 Å². The predicted molar refractivity (Wildman–Crippen MR) is 47.4 cm³/mol. The van der Waals surface area contributed by atoms with Crippen molar-refractivity contribution < 1.29 is 4.79 Å². The molecule has 12 heavy (non-hydrogen) atoms. The minimum Gasteiger partial charge on any atom is -0.366 e. The van der Waals surface area contributed by atoms with Gasteiger partial charge in [-0.2, -0.15) is 0 Å². The fourth-order valence-corrected chi connectivity index (χ4v) is 2.60. The van der Waals surface area contributed by atoms with Gasteiger partial charge in [0.2, 0.25) is 5.91 Å². The number of nitrogens with two attached hydrogens (primary N) is 1. The highest BCUT2D eigenvalue weighted by Crippen LogP contribution is 2.41. The van der Waals surface area contributed by atoms with E-state index < -0.39 is 0 Å². The molecule has 1 atom stereocenters. The number of amides is 1. The van der Waals surface area contributed by atoms with Gasteiger partial charge in [-0.25, -0.2) is 0 Å². The van der Waals surface area contributed by atoms with Gasteiger partial charge in [-0.15, -0.1) is 0 Å². The molecule has 2 aliphatic carbocycles. The van der Waals surface area contributed by atoms with E-state index in [1.54, 1.807) is 0 Å². The molecular weight excluding hydrogens is 150 g/mol. The summed E-state index contributed by atoms with van der Waals surface area (Å²) in [5.41, 5.74) is 7.69. The highest BCUT2D eigenvalue weighted by Gasteiger charge is 2.28. The van der Waals surface area contributed by atoms with E-state index in [0.29, 0.717) is 5.92 Å². The van der Waals surface area contributed by atoms with Gasteiger partial charge in [0.25, 0.3) is 0 Å². The van der Waals surface area contributed by atoms with Crippen LogP contribution in [-0.2, 0) is 4.79 Å². The van der Waals surface area contributed by atoms with E-state index in [0.717, 1.165) is 24.8 Å². The molecule has 2 heteroatoms. The maximum Gasteiger partial charge on any atom is 0.244 e. The number of hydrogen-bond donors (Lipinski definition) is 1. The number of rotatable bonds is 1. The van der Waals surface area contributed by atoms with Crippen LogP contribution < -0.4 is 5.73 Å². The summed E-state index contributed by atoms with van der Waals surface area (Å²) in [5.74, 6) is 0.540. The first-order chi connectivity index (χ1) is 5.79. The van der Waals surface area contributed by atoms with Crippen LogP contribution in [0.1, 0.15) is 38.5 Å². The lowest BCUT2D eigenvalue weighted by Gasteiger charge is -2.21. The Hall–Kier alpha value is -0.790. The predicted octanol–water partition coefficient (Wildman–Crippen LogP) is 1.75. The number of hydrogen-bond acceptors (Lipinski definition) is 1. The van der Waals surface area contributed by atoms with Crippen molar-refractivity contribution in [2.45, 2.75) is 38.5 Å². The normalized spacial score (nSPS) is 28.8. The number of carbonyl (C=O) groups excluding carboxylic acids is 1. The first kappa shape index (κ1) is 7.84. The zero-order valence-electron chi connectivity index (χ0n) is 7.31. The van der Waals surface area contributed by atoms with Gasteiger partial charge in [0, 0.05) is 5.57 Å². The topological polar surface area (TPSA) is 43.1 Å². The largest absolute Gasteiger partial charge is 0.366 e. The number of allylic oxidation sites excluding steroid dienone is 1. The molecule has 0 bridgehead atoms. The van der Waals surface area contributed by atoms with Crippen molar-refractivity contribution >= 4 is 5.91 Å². The third-order valence-corrected chi connectivity index (χ3v) is 3.16. The van der Waals surface area contributed by atoms with Crippen LogP contribution >= 0.6 is 0 Å². The number of primary amides is 1. The van der Waals surface area contributed by atoms with Crippen molar-refractivity contribution in [2.75, 3.05) is 0 Å². The summed E-state index contributed by atoms with van der Waals surface area (Å²) in [5, 5.41) is 0. The smallest absolute Gasteiger partial charge is 0.244 e. The SMILES string of the molecule is NC(=O)C1=C2CCCC2CCC1. The fourth-order valence-electron chi connectivity index (χ4n) is 2.60. The molecule has 1 saturated carbocycles. The molecule has 1 amide bonds. The van der Waals surface area contributed by atoms with E-state index in [9.17, 15) is 4.79 Å². The number of fused-ring (bicyclic) bond motifs is 1. The highest BCUT2D eigenvalue weighted by atomic mass is 16.1. The minimum atomic E-state index is -0.170. The molecular formula is C10H15NO. The van der Waals surface area contributed by atoms with E-state index in [4.69, 9.17) is 5.73 Å². The van der Waals surface area contributed by atoms with E-state index in [-0.39, 0.29) is 5.91 Å². The van der Waals surface area contributed by atoms with Crippen molar-refractivity contribution in [2.24, 2.45) is 11.7 Å². The summed E-state index contributed by atoms with van der Waals surface area (Å²) in [6, 6.07) is 0.